The number of ether oxygens (including phenoxy) is 2. The maximum Gasteiger partial charge on any atom is 0.414 e. The molecule has 0 aliphatic carbocycles. The van der Waals surface area contributed by atoms with E-state index in [2.05, 4.69) is 15.5 Å². The van der Waals surface area contributed by atoms with Crippen LogP contribution in [0.5, 0.6) is 0 Å². The fourth-order valence-electron chi connectivity index (χ4n) is 3.24. The van der Waals surface area contributed by atoms with Crippen LogP contribution in [0.3, 0.4) is 0 Å². The number of rotatable bonds is 6. The molecule has 1 aromatic heterocycles. The van der Waals surface area contributed by atoms with E-state index in [-0.39, 0.29) is 18.5 Å². The minimum atomic E-state index is -0.564. The van der Waals surface area contributed by atoms with Crippen molar-refractivity contribution in [3.8, 4) is 0 Å². The van der Waals surface area contributed by atoms with Gasteiger partial charge in [0.25, 0.3) is 0 Å². The van der Waals surface area contributed by atoms with Crippen molar-refractivity contribution in [2.75, 3.05) is 23.5 Å². The van der Waals surface area contributed by atoms with Gasteiger partial charge in [0.05, 0.1) is 30.6 Å². The van der Waals surface area contributed by atoms with Crippen LogP contribution in [-0.4, -0.2) is 42.0 Å². The fraction of sp³-hybridized carbons (Fsp3) is 0.455. The molecule has 0 bridgehead atoms. The zero-order chi connectivity index (χ0) is 22.4. The number of carbonyl (C=O) groups excluding carboxylic acids is 2. The first kappa shape index (κ1) is 22.7. The lowest BCUT2D eigenvalue weighted by Crippen LogP contribution is -2.40. The third kappa shape index (κ3) is 6.27. The summed E-state index contributed by atoms with van der Waals surface area (Å²) in [6.07, 6.45) is 3.23. The van der Waals surface area contributed by atoms with Crippen molar-refractivity contribution in [3.63, 3.8) is 0 Å². The average Bonchev–Trinajstić information content (AvgIpc) is 3.13. The maximum atomic E-state index is 12.8. The number of fused-ring (bicyclic) bond motifs is 1. The number of benzene rings is 1. The van der Waals surface area contributed by atoms with Crippen LogP contribution in [0.2, 0.25) is 0 Å². The molecule has 0 unspecified atom stereocenters. The van der Waals surface area contributed by atoms with Gasteiger partial charge in [-0.3, -0.25) is 15.1 Å². The number of amides is 1. The summed E-state index contributed by atoms with van der Waals surface area (Å²) in [5.74, 6) is -0.305. The standard InChI is InChI=1S/C22H28N4O4S/c1-5-29-18(27)12-17-14-31-20(24-17)25-23-13-16-9-6-8-15-10-7-11-26(19(15)16)21(28)30-22(2,3)4/h6,8-9,13-14H,5,7,10-12H2,1-4H3,(H,24,25). The van der Waals surface area contributed by atoms with Crippen LogP contribution in [0.15, 0.2) is 28.7 Å². The molecule has 31 heavy (non-hydrogen) atoms. The summed E-state index contributed by atoms with van der Waals surface area (Å²) in [7, 11) is 0. The lowest BCUT2D eigenvalue weighted by molar-refractivity contribution is -0.142. The van der Waals surface area contributed by atoms with E-state index in [1.165, 1.54) is 11.3 Å². The van der Waals surface area contributed by atoms with Gasteiger partial charge in [-0.25, -0.2) is 9.78 Å². The van der Waals surface area contributed by atoms with Crippen molar-refractivity contribution >= 4 is 40.4 Å². The Bertz CT molecular complexity index is 965. The summed E-state index contributed by atoms with van der Waals surface area (Å²) in [5, 5.41) is 6.66. The van der Waals surface area contributed by atoms with Gasteiger partial charge in [0.1, 0.15) is 5.60 Å². The van der Waals surface area contributed by atoms with Crippen molar-refractivity contribution in [2.45, 2.75) is 52.6 Å². The number of nitrogens with one attached hydrogen (secondary N) is 1. The number of anilines is 2. The number of aromatic nitrogens is 1. The Balaban J connectivity index is 1.73. The number of aryl methyl sites for hydroxylation is 1. The number of thiazole rings is 1. The van der Waals surface area contributed by atoms with E-state index in [1.54, 1.807) is 23.4 Å². The first-order chi connectivity index (χ1) is 14.8. The third-order valence-corrected chi connectivity index (χ3v) is 5.20. The van der Waals surface area contributed by atoms with Crippen LogP contribution in [-0.2, 0) is 27.1 Å². The molecule has 0 spiro atoms. The van der Waals surface area contributed by atoms with Crippen molar-refractivity contribution < 1.29 is 19.1 Å². The van der Waals surface area contributed by atoms with Crippen molar-refractivity contribution in [3.05, 3.63) is 40.4 Å². The van der Waals surface area contributed by atoms with Crippen LogP contribution in [0.4, 0.5) is 15.6 Å². The third-order valence-electron chi connectivity index (χ3n) is 4.41. The van der Waals surface area contributed by atoms with Gasteiger partial charge in [-0.2, -0.15) is 5.10 Å². The molecule has 8 nitrogen and oxygen atoms in total. The number of carbonyl (C=O) groups is 2. The largest absolute Gasteiger partial charge is 0.466 e. The molecule has 1 aliphatic heterocycles. The highest BCUT2D eigenvalue weighted by atomic mass is 32.1. The van der Waals surface area contributed by atoms with E-state index in [0.717, 1.165) is 29.7 Å². The Morgan fingerprint density at radius 3 is 2.90 bits per heavy atom. The summed E-state index contributed by atoms with van der Waals surface area (Å²) in [6.45, 7) is 8.29. The highest BCUT2D eigenvalue weighted by molar-refractivity contribution is 7.13. The molecular weight excluding hydrogens is 416 g/mol. The maximum absolute atomic E-state index is 12.8. The fourth-order valence-corrected chi connectivity index (χ4v) is 3.90. The summed E-state index contributed by atoms with van der Waals surface area (Å²) < 4.78 is 10.5. The van der Waals surface area contributed by atoms with Crippen molar-refractivity contribution in [2.24, 2.45) is 5.10 Å². The lowest BCUT2D eigenvalue weighted by Gasteiger charge is -2.32. The number of hydrazone groups is 1. The molecule has 3 rings (SSSR count). The predicted octanol–water partition coefficient (Wildman–Crippen LogP) is 4.38. The molecule has 1 aliphatic rings. The average molecular weight is 445 g/mol. The smallest absolute Gasteiger partial charge is 0.414 e. The molecule has 1 N–H and O–H groups in total. The van der Waals surface area contributed by atoms with Crippen molar-refractivity contribution in [1.29, 1.82) is 0 Å². The van der Waals surface area contributed by atoms with Gasteiger partial charge in [0.15, 0.2) is 0 Å². The molecule has 0 radical (unpaired) electrons. The molecule has 0 saturated heterocycles. The minimum absolute atomic E-state index is 0.132. The lowest BCUT2D eigenvalue weighted by atomic mass is 9.98. The number of hydrogen-bond acceptors (Lipinski definition) is 8. The zero-order valence-electron chi connectivity index (χ0n) is 18.3. The van der Waals surface area contributed by atoms with E-state index in [4.69, 9.17) is 9.47 Å². The van der Waals surface area contributed by atoms with E-state index in [1.807, 2.05) is 39.0 Å². The molecule has 1 amide bonds. The van der Waals surface area contributed by atoms with Crippen LogP contribution < -0.4 is 10.3 Å². The number of nitrogens with zero attached hydrogens (tertiary/aromatic N) is 3. The van der Waals surface area contributed by atoms with Gasteiger partial charge in [-0.05, 0) is 46.1 Å². The quantitative estimate of drug-likeness (QED) is 0.404. The molecule has 0 saturated carbocycles. The summed E-state index contributed by atoms with van der Waals surface area (Å²) >= 11 is 1.36. The summed E-state index contributed by atoms with van der Waals surface area (Å²) in [5.41, 5.74) is 5.71. The summed E-state index contributed by atoms with van der Waals surface area (Å²) in [4.78, 5) is 30.4. The van der Waals surface area contributed by atoms with Crippen LogP contribution in [0, 0.1) is 0 Å². The molecule has 166 valence electrons. The van der Waals surface area contributed by atoms with E-state index in [0.29, 0.717) is 24.0 Å². The Labute approximate surface area is 186 Å². The molecule has 1 aromatic carbocycles. The Morgan fingerprint density at radius 2 is 2.16 bits per heavy atom. The van der Waals surface area contributed by atoms with Crippen LogP contribution in [0.25, 0.3) is 0 Å². The zero-order valence-corrected chi connectivity index (χ0v) is 19.1. The molecule has 9 heteroatoms. The van der Waals surface area contributed by atoms with Gasteiger partial charge < -0.3 is 9.47 Å². The van der Waals surface area contributed by atoms with E-state index >= 15 is 0 Å². The number of esters is 1. The van der Waals surface area contributed by atoms with Gasteiger partial charge in [0.2, 0.25) is 5.13 Å². The first-order valence-electron chi connectivity index (χ1n) is 10.3. The number of para-hydroxylation sites is 1. The Morgan fingerprint density at radius 1 is 1.35 bits per heavy atom. The Hall–Kier alpha value is -2.94. The second kappa shape index (κ2) is 9.91. The molecule has 2 aromatic rings. The number of hydrogen-bond donors (Lipinski definition) is 1. The monoisotopic (exact) mass is 444 g/mol. The predicted molar refractivity (Wildman–Crippen MR) is 122 cm³/mol. The van der Waals surface area contributed by atoms with E-state index in [9.17, 15) is 9.59 Å². The minimum Gasteiger partial charge on any atom is -0.466 e. The normalized spacial score (nSPS) is 13.7. The highest BCUT2D eigenvalue weighted by Crippen LogP contribution is 2.31. The van der Waals surface area contributed by atoms with E-state index < -0.39 is 5.60 Å². The van der Waals surface area contributed by atoms with Gasteiger partial charge in [-0.15, -0.1) is 11.3 Å². The molecule has 2 heterocycles. The van der Waals surface area contributed by atoms with Crippen LogP contribution in [0.1, 0.15) is 50.9 Å². The Kier molecular flexibility index (Phi) is 7.27. The summed E-state index contributed by atoms with van der Waals surface area (Å²) in [6, 6.07) is 5.90. The SMILES string of the molecule is CCOC(=O)Cc1csc(NN=Cc2cccc3c2N(C(=O)OC(C)(C)C)CCC3)n1. The van der Waals surface area contributed by atoms with Crippen LogP contribution >= 0.6 is 11.3 Å². The van der Waals surface area contributed by atoms with Gasteiger partial charge in [-0.1, -0.05) is 18.2 Å². The molecule has 0 fully saturated rings. The van der Waals surface area contributed by atoms with Gasteiger partial charge >= 0.3 is 12.1 Å². The molecular formula is C22H28N4O4S. The first-order valence-corrected chi connectivity index (χ1v) is 11.2. The van der Waals surface area contributed by atoms with Gasteiger partial charge in [0, 0.05) is 17.5 Å². The second-order valence-electron chi connectivity index (χ2n) is 8.09. The molecule has 0 atom stereocenters. The second-order valence-corrected chi connectivity index (χ2v) is 8.94. The highest BCUT2D eigenvalue weighted by Gasteiger charge is 2.28. The topological polar surface area (TPSA) is 93.1 Å². The van der Waals surface area contributed by atoms with Crippen molar-refractivity contribution in [1.82, 2.24) is 4.98 Å².